The number of nitrogens with one attached hydrogen (secondary N) is 1. The summed E-state index contributed by atoms with van der Waals surface area (Å²) in [5.74, 6) is 2.22. The lowest BCUT2D eigenvalue weighted by Crippen LogP contribution is -2.37. The highest BCUT2D eigenvalue weighted by molar-refractivity contribution is 5.97. The molecular weight excluding hydrogens is 376 g/mol. The van der Waals surface area contributed by atoms with Crippen molar-refractivity contribution in [3.8, 4) is 11.5 Å². The monoisotopic (exact) mass is 406 g/mol. The van der Waals surface area contributed by atoms with Crippen molar-refractivity contribution >= 4 is 5.91 Å². The zero-order valence-electron chi connectivity index (χ0n) is 17.4. The Kier molecular flexibility index (Phi) is 5.63. The molecule has 5 rings (SSSR count). The Morgan fingerprint density at radius 3 is 2.97 bits per heavy atom. The van der Waals surface area contributed by atoms with E-state index < -0.39 is 0 Å². The normalized spacial score (nSPS) is 21.0. The zero-order valence-corrected chi connectivity index (χ0v) is 17.4. The van der Waals surface area contributed by atoms with E-state index in [9.17, 15) is 4.79 Å². The first-order valence-electron chi connectivity index (χ1n) is 11.2. The maximum absolute atomic E-state index is 12.5. The number of carbonyl (C=O) groups is 1. The number of benzene rings is 2. The topological polar surface area (TPSA) is 50.8 Å². The molecule has 0 radical (unpaired) electrons. The van der Waals surface area contributed by atoms with Gasteiger partial charge in [-0.15, -0.1) is 0 Å². The van der Waals surface area contributed by atoms with Gasteiger partial charge < -0.3 is 14.8 Å². The van der Waals surface area contributed by atoms with Crippen molar-refractivity contribution in [3.63, 3.8) is 0 Å². The van der Waals surface area contributed by atoms with Crippen LogP contribution in [0.1, 0.15) is 47.2 Å². The summed E-state index contributed by atoms with van der Waals surface area (Å²) in [5, 5.41) is 3.06. The summed E-state index contributed by atoms with van der Waals surface area (Å²) in [6.45, 7) is 4.60. The van der Waals surface area contributed by atoms with Crippen LogP contribution in [0, 0.1) is 5.92 Å². The first-order chi connectivity index (χ1) is 14.7. The fraction of sp³-hybridized carbons (Fsp3) is 0.480. The van der Waals surface area contributed by atoms with Crippen molar-refractivity contribution in [2.24, 2.45) is 5.92 Å². The average Bonchev–Trinajstić information content (AvgIpc) is 3.46. The van der Waals surface area contributed by atoms with Crippen LogP contribution in [0.3, 0.4) is 0 Å². The summed E-state index contributed by atoms with van der Waals surface area (Å²) in [4.78, 5) is 15.0. The van der Waals surface area contributed by atoms with Gasteiger partial charge in [-0.1, -0.05) is 24.3 Å². The molecule has 30 heavy (non-hydrogen) atoms. The van der Waals surface area contributed by atoms with Crippen LogP contribution < -0.4 is 14.8 Å². The molecule has 1 saturated heterocycles. The van der Waals surface area contributed by atoms with Crippen LogP contribution in [0.4, 0.5) is 0 Å². The van der Waals surface area contributed by atoms with Gasteiger partial charge in [0.25, 0.3) is 5.91 Å². The number of piperidine rings is 1. The fourth-order valence-corrected chi connectivity index (χ4v) is 4.51. The van der Waals surface area contributed by atoms with E-state index >= 15 is 0 Å². The number of hydrogen-bond acceptors (Lipinski definition) is 4. The summed E-state index contributed by atoms with van der Waals surface area (Å²) in [5.41, 5.74) is 3.35. The van der Waals surface area contributed by atoms with Crippen molar-refractivity contribution in [2.45, 2.75) is 44.7 Å². The van der Waals surface area contributed by atoms with Crippen LogP contribution >= 0.6 is 0 Å². The third kappa shape index (κ3) is 4.62. The Bertz CT molecular complexity index is 909. The lowest BCUT2D eigenvalue weighted by atomic mass is 9.98. The molecule has 1 saturated carbocycles. The highest BCUT2D eigenvalue weighted by atomic mass is 16.5. The fourth-order valence-electron chi connectivity index (χ4n) is 4.51. The minimum Gasteiger partial charge on any atom is -0.493 e. The number of carbonyl (C=O) groups excluding carboxylic acids is 1. The van der Waals surface area contributed by atoms with E-state index in [1.807, 2.05) is 24.3 Å². The van der Waals surface area contributed by atoms with Gasteiger partial charge in [-0.3, -0.25) is 9.69 Å². The summed E-state index contributed by atoms with van der Waals surface area (Å²) in [7, 11) is 0. The van der Waals surface area contributed by atoms with E-state index in [4.69, 9.17) is 9.47 Å². The van der Waals surface area contributed by atoms with E-state index in [1.54, 1.807) is 0 Å². The molecule has 1 atom stereocenters. The molecule has 2 fully saturated rings. The molecule has 3 aliphatic rings. The molecule has 0 aromatic heterocycles. The van der Waals surface area contributed by atoms with E-state index in [1.165, 1.54) is 24.0 Å². The van der Waals surface area contributed by atoms with Crippen molar-refractivity contribution in [3.05, 3.63) is 59.2 Å². The van der Waals surface area contributed by atoms with Crippen LogP contribution in [0.2, 0.25) is 0 Å². The standard InChI is InChI=1S/C25H30N2O3/c28-25(26-21-8-9-21)22-5-1-2-6-24(22)30-17-19-4-3-12-27(16-19)15-18-7-10-23-20(14-18)11-13-29-23/h1-2,5-7,10,14,19,21H,3-4,8-9,11-13,15-17H2,(H,26,28). The predicted molar refractivity (Wildman–Crippen MR) is 116 cm³/mol. The number of fused-ring (bicyclic) bond motifs is 1. The quantitative estimate of drug-likeness (QED) is 0.760. The molecule has 2 aromatic carbocycles. The smallest absolute Gasteiger partial charge is 0.255 e. The van der Waals surface area contributed by atoms with Crippen molar-refractivity contribution < 1.29 is 14.3 Å². The summed E-state index contributed by atoms with van der Waals surface area (Å²) in [6.07, 6.45) is 5.55. The van der Waals surface area contributed by atoms with E-state index in [2.05, 4.69) is 28.4 Å². The number of rotatable bonds is 7. The highest BCUT2D eigenvalue weighted by Gasteiger charge is 2.26. The molecule has 0 spiro atoms. The Labute approximate surface area is 178 Å². The van der Waals surface area contributed by atoms with Crippen LogP contribution in [0.25, 0.3) is 0 Å². The highest BCUT2D eigenvalue weighted by Crippen LogP contribution is 2.28. The predicted octanol–water partition coefficient (Wildman–Crippen LogP) is 3.80. The van der Waals surface area contributed by atoms with Gasteiger partial charge in [-0.05, 0) is 61.6 Å². The van der Waals surface area contributed by atoms with Gasteiger partial charge in [-0.2, -0.15) is 0 Å². The molecule has 2 aromatic rings. The summed E-state index contributed by atoms with van der Waals surface area (Å²) in [6, 6.07) is 14.6. The minimum absolute atomic E-state index is 0.0149. The second-order valence-electron chi connectivity index (χ2n) is 8.84. The van der Waals surface area contributed by atoms with Gasteiger partial charge in [0.15, 0.2) is 0 Å². The van der Waals surface area contributed by atoms with Crippen molar-refractivity contribution in [2.75, 3.05) is 26.3 Å². The van der Waals surface area contributed by atoms with Gasteiger partial charge >= 0.3 is 0 Å². The lowest BCUT2D eigenvalue weighted by molar-refractivity contribution is 0.0940. The van der Waals surface area contributed by atoms with Gasteiger partial charge in [0.1, 0.15) is 11.5 Å². The Morgan fingerprint density at radius 2 is 2.07 bits per heavy atom. The SMILES string of the molecule is O=C(NC1CC1)c1ccccc1OCC1CCCN(Cc2ccc3c(c2)CCO3)C1. The number of likely N-dealkylation sites (tertiary alicyclic amines) is 1. The second kappa shape index (κ2) is 8.68. The largest absolute Gasteiger partial charge is 0.493 e. The second-order valence-corrected chi connectivity index (χ2v) is 8.84. The third-order valence-electron chi connectivity index (χ3n) is 6.28. The molecule has 1 N–H and O–H groups in total. The Hall–Kier alpha value is -2.53. The molecule has 2 heterocycles. The third-order valence-corrected chi connectivity index (χ3v) is 6.28. The zero-order chi connectivity index (χ0) is 20.3. The van der Waals surface area contributed by atoms with E-state index in [-0.39, 0.29) is 5.91 Å². The maximum Gasteiger partial charge on any atom is 0.255 e. The number of ether oxygens (including phenoxy) is 2. The Balaban J connectivity index is 1.17. The number of hydrogen-bond donors (Lipinski definition) is 1. The molecule has 0 bridgehead atoms. The molecule has 1 aliphatic carbocycles. The van der Waals surface area contributed by atoms with Gasteiger partial charge in [0, 0.05) is 31.5 Å². The molecule has 158 valence electrons. The Morgan fingerprint density at radius 1 is 1.17 bits per heavy atom. The van der Waals surface area contributed by atoms with Gasteiger partial charge in [0.2, 0.25) is 0 Å². The summed E-state index contributed by atoms with van der Waals surface area (Å²) < 4.78 is 11.8. The first-order valence-corrected chi connectivity index (χ1v) is 11.2. The van der Waals surface area contributed by atoms with E-state index in [0.29, 0.717) is 29.9 Å². The van der Waals surface area contributed by atoms with Gasteiger partial charge in [-0.25, -0.2) is 0 Å². The van der Waals surface area contributed by atoms with Crippen LogP contribution in [0.15, 0.2) is 42.5 Å². The molecule has 1 amide bonds. The van der Waals surface area contributed by atoms with Crippen LogP contribution in [-0.4, -0.2) is 43.2 Å². The van der Waals surface area contributed by atoms with Crippen molar-refractivity contribution in [1.82, 2.24) is 10.2 Å². The average molecular weight is 407 g/mol. The molecule has 1 unspecified atom stereocenters. The van der Waals surface area contributed by atoms with Gasteiger partial charge in [0.05, 0.1) is 18.8 Å². The minimum atomic E-state index is -0.0149. The number of nitrogens with zero attached hydrogens (tertiary/aromatic N) is 1. The summed E-state index contributed by atoms with van der Waals surface area (Å²) >= 11 is 0. The number of para-hydroxylation sites is 1. The lowest BCUT2D eigenvalue weighted by Gasteiger charge is -2.32. The molecular formula is C25H30N2O3. The van der Waals surface area contributed by atoms with Crippen LogP contribution in [-0.2, 0) is 13.0 Å². The molecule has 5 heteroatoms. The molecule has 2 aliphatic heterocycles. The van der Waals surface area contributed by atoms with E-state index in [0.717, 1.165) is 51.3 Å². The van der Waals surface area contributed by atoms with Crippen LogP contribution in [0.5, 0.6) is 11.5 Å². The number of amides is 1. The first kappa shape index (κ1) is 19.4. The van der Waals surface area contributed by atoms with Crippen molar-refractivity contribution in [1.29, 1.82) is 0 Å². The maximum atomic E-state index is 12.5. The molecule has 5 nitrogen and oxygen atoms in total.